The molecule has 204 valence electrons. The van der Waals surface area contributed by atoms with E-state index in [2.05, 4.69) is 20.3 Å². The van der Waals surface area contributed by atoms with E-state index >= 15 is 0 Å². The van der Waals surface area contributed by atoms with Crippen molar-refractivity contribution >= 4 is 28.1 Å². The number of benzene rings is 1. The number of ether oxygens (including phenoxy) is 1. The van der Waals surface area contributed by atoms with Crippen LogP contribution in [0.15, 0.2) is 24.4 Å². The largest absolute Gasteiger partial charge is 0.469 e. The molecule has 1 N–H and O–H groups in total. The highest BCUT2D eigenvalue weighted by molar-refractivity contribution is 7.13. The van der Waals surface area contributed by atoms with Gasteiger partial charge in [0.05, 0.1) is 29.3 Å². The van der Waals surface area contributed by atoms with Gasteiger partial charge in [0.25, 0.3) is 17.0 Å². The first kappa shape index (κ1) is 25.7. The van der Waals surface area contributed by atoms with Crippen molar-refractivity contribution in [1.29, 1.82) is 0 Å². The predicted octanol–water partition coefficient (Wildman–Crippen LogP) is 4.84. The number of thiazole rings is 1. The van der Waals surface area contributed by atoms with Crippen molar-refractivity contribution in [2.24, 2.45) is 18.9 Å². The van der Waals surface area contributed by atoms with Crippen LogP contribution in [-0.4, -0.2) is 63.8 Å². The van der Waals surface area contributed by atoms with Crippen molar-refractivity contribution < 1.29 is 18.3 Å². The van der Waals surface area contributed by atoms with E-state index in [1.54, 1.807) is 4.68 Å². The highest BCUT2D eigenvalue weighted by Crippen LogP contribution is 2.48. The first-order valence-electron chi connectivity index (χ1n) is 13.8. The molecular formula is C28H35F2N5O2S. The summed E-state index contributed by atoms with van der Waals surface area (Å²) in [5.41, 5.74) is 2.62. The number of aryl methyl sites for hydroxylation is 1. The Morgan fingerprint density at radius 3 is 2.79 bits per heavy atom. The Kier molecular flexibility index (Phi) is 7.11. The number of fused-ring (bicyclic) bond motifs is 2. The van der Waals surface area contributed by atoms with Crippen LogP contribution in [0.5, 0.6) is 5.19 Å². The van der Waals surface area contributed by atoms with Gasteiger partial charge in [-0.2, -0.15) is 5.10 Å². The van der Waals surface area contributed by atoms with E-state index in [1.165, 1.54) is 22.6 Å². The molecular weight excluding hydrogens is 508 g/mol. The number of nitrogens with zero attached hydrogens (tertiary/aromatic N) is 4. The average molecular weight is 544 g/mol. The fourth-order valence-corrected chi connectivity index (χ4v) is 6.83. The fraction of sp³-hybridized carbons (Fsp3) is 0.607. The zero-order valence-corrected chi connectivity index (χ0v) is 22.6. The Hall–Kier alpha value is -2.59. The van der Waals surface area contributed by atoms with Crippen LogP contribution in [0.2, 0.25) is 0 Å². The molecule has 0 spiro atoms. The minimum Gasteiger partial charge on any atom is -0.469 e. The quantitative estimate of drug-likeness (QED) is 0.440. The van der Waals surface area contributed by atoms with E-state index in [0.29, 0.717) is 16.7 Å². The van der Waals surface area contributed by atoms with Crippen LogP contribution in [-0.2, 0) is 19.9 Å². The summed E-state index contributed by atoms with van der Waals surface area (Å²) in [6.45, 7) is 3.13. The van der Waals surface area contributed by atoms with Gasteiger partial charge in [0.2, 0.25) is 0 Å². The summed E-state index contributed by atoms with van der Waals surface area (Å²) in [6.07, 6.45) is 9.19. The Bertz CT molecular complexity index is 1270. The van der Waals surface area contributed by atoms with Crippen LogP contribution in [0, 0.1) is 11.8 Å². The van der Waals surface area contributed by atoms with Crippen LogP contribution in [0.25, 0.3) is 10.9 Å². The second-order valence-corrected chi connectivity index (χ2v) is 12.2. The lowest BCUT2D eigenvalue weighted by atomic mass is 9.84. The van der Waals surface area contributed by atoms with Gasteiger partial charge in [-0.15, -0.1) is 0 Å². The van der Waals surface area contributed by atoms with Gasteiger partial charge in [0.15, 0.2) is 0 Å². The summed E-state index contributed by atoms with van der Waals surface area (Å²) in [5.74, 6) is -2.50. The molecule has 1 atom stereocenters. The summed E-state index contributed by atoms with van der Waals surface area (Å²) in [7, 11) is 1.87. The maximum atomic E-state index is 13.1. The summed E-state index contributed by atoms with van der Waals surface area (Å²) >= 11 is 1.53. The fourth-order valence-electron chi connectivity index (χ4n) is 5.88. The highest BCUT2D eigenvalue weighted by atomic mass is 32.1. The van der Waals surface area contributed by atoms with Crippen molar-refractivity contribution in [3.8, 4) is 5.19 Å². The molecule has 3 aliphatic rings. The van der Waals surface area contributed by atoms with Crippen LogP contribution >= 0.6 is 11.3 Å². The highest BCUT2D eigenvalue weighted by Gasteiger charge is 2.57. The number of halogens is 2. The normalized spacial score (nSPS) is 25.1. The zero-order chi connectivity index (χ0) is 26.3. The molecule has 3 heterocycles. The smallest absolute Gasteiger partial charge is 0.273 e. The number of aromatic nitrogens is 3. The monoisotopic (exact) mass is 543 g/mol. The molecule has 1 unspecified atom stereocenters. The van der Waals surface area contributed by atoms with E-state index in [-0.39, 0.29) is 25.0 Å². The van der Waals surface area contributed by atoms with Crippen LogP contribution in [0.4, 0.5) is 8.78 Å². The summed E-state index contributed by atoms with van der Waals surface area (Å²) in [5, 5.41) is 9.12. The Labute approximate surface area is 225 Å². The Morgan fingerprint density at radius 2 is 2.00 bits per heavy atom. The van der Waals surface area contributed by atoms with Gasteiger partial charge in [-0.1, -0.05) is 17.4 Å². The molecule has 3 aromatic rings. The number of alkyl halides is 2. The Balaban J connectivity index is 0.920. The number of nitrogens with one attached hydrogen (secondary N) is 1. The summed E-state index contributed by atoms with van der Waals surface area (Å²) < 4.78 is 33.5. The maximum absolute atomic E-state index is 13.1. The molecule has 38 heavy (non-hydrogen) atoms. The SMILES string of the molecule is Cn1cc2c(C(=O)N[C@H]3CC[C@H](CCN4CCc5nc(OCC6CC6(F)F)sc5CC4)CC3)cccc2n1. The molecule has 1 amide bonds. The van der Waals surface area contributed by atoms with Crippen molar-refractivity contribution in [3.63, 3.8) is 0 Å². The van der Waals surface area contributed by atoms with Gasteiger partial charge in [-0.05, 0) is 63.1 Å². The molecule has 10 heteroatoms. The maximum Gasteiger partial charge on any atom is 0.273 e. The van der Waals surface area contributed by atoms with E-state index in [0.717, 1.165) is 74.8 Å². The van der Waals surface area contributed by atoms with Crippen LogP contribution in [0.1, 0.15) is 59.5 Å². The number of hydrogen-bond donors (Lipinski definition) is 1. The second kappa shape index (κ2) is 10.5. The lowest BCUT2D eigenvalue weighted by Gasteiger charge is -2.30. The molecule has 0 saturated heterocycles. The predicted molar refractivity (Wildman–Crippen MR) is 143 cm³/mol. The lowest BCUT2D eigenvalue weighted by Crippen LogP contribution is -2.38. The van der Waals surface area contributed by atoms with Gasteiger partial charge in [-0.25, -0.2) is 13.8 Å². The van der Waals surface area contributed by atoms with Gasteiger partial charge in [0.1, 0.15) is 0 Å². The third kappa shape index (κ3) is 5.71. The van der Waals surface area contributed by atoms with Crippen LogP contribution < -0.4 is 10.1 Å². The molecule has 6 rings (SSSR count). The van der Waals surface area contributed by atoms with E-state index in [1.807, 2.05) is 31.4 Å². The molecule has 0 bridgehead atoms. The molecule has 2 saturated carbocycles. The number of carbonyl (C=O) groups is 1. The number of rotatable bonds is 8. The van der Waals surface area contributed by atoms with E-state index in [9.17, 15) is 13.6 Å². The first-order valence-corrected chi connectivity index (χ1v) is 14.6. The van der Waals surface area contributed by atoms with Gasteiger partial charge in [-0.3, -0.25) is 9.48 Å². The third-order valence-corrected chi connectivity index (χ3v) is 9.46. The van der Waals surface area contributed by atoms with Crippen molar-refractivity contribution in [3.05, 3.63) is 40.5 Å². The standard InChI is InChI=1S/C28H35F2N5O2S/c1-34-16-22-21(3-2-4-23(22)33-34)26(36)31-20-7-5-18(6-8-20)9-12-35-13-10-24-25(11-14-35)38-27(32-24)37-17-19-15-28(19,29)30/h2-4,16,18-20H,5-15,17H2,1H3,(H,31,36)/t18-,19?,20-. The molecule has 0 radical (unpaired) electrons. The van der Waals surface area contributed by atoms with Crippen molar-refractivity contribution in [2.75, 3.05) is 26.2 Å². The minimum absolute atomic E-state index is 0.00303. The van der Waals surface area contributed by atoms with Gasteiger partial charge < -0.3 is 15.0 Å². The molecule has 1 aromatic carbocycles. The average Bonchev–Trinajstić information content (AvgIpc) is 3.18. The number of carbonyl (C=O) groups excluding carboxylic acids is 1. The summed E-state index contributed by atoms with van der Waals surface area (Å²) in [6, 6.07) is 5.94. The molecule has 7 nitrogen and oxygen atoms in total. The second-order valence-electron chi connectivity index (χ2n) is 11.2. The van der Waals surface area contributed by atoms with Crippen molar-refractivity contribution in [2.45, 2.75) is 63.3 Å². The molecule has 2 aromatic heterocycles. The van der Waals surface area contributed by atoms with E-state index in [4.69, 9.17) is 4.74 Å². The lowest BCUT2D eigenvalue weighted by molar-refractivity contribution is 0.0854. The molecule has 2 fully saturated rings. The summed E-state index contributed by atoms with van der Waals surface area (Å²) in [4.78, 5) is 21.3. The van der Waals surface area contributed by atoms with E-state index < -0.39 is 11.8 Å². The zero-order valence-electron chi connectivity index (χ0n) is 21.8. The molecule has 2 aliphatic carbocycles. The van der Waals surface area contributed by atoms with Crippen LogP contribution in [0.3, 0.4) is 0 Å². The first-order chi connectivity index (χ1) is 18.3. The van der Waals surface area contributed by atoms with Crippen molar-refractivity contribution in [1.82, 2.24) is 25.0 Å². The number of amides is 1. The Morgan fingerprint density at radius 1 is 1.21 bits per heavy atom. The molecule has 1 aliphatic heterocycles. The topological polar surface area (TPSA) is 72.3 Å². The van der Waals surface area contributed by atoms with Gasteiger partial charge in [0, 0.05) is 55.5 Å². The van der Waals surface area contributed by atoms with Gasteiger partial charge >= 0.3 is 0 Å². The minimum atomic E-state index is -2.54. The number of hydrogen-bond acceptors (Lipinski definition) is 6. The third-order valence-electron chi connectivity index (χ3n) is 8.39.